The number of sulfone groups is 1. The topological polar surface area (TPSA) is 142 Å². The number of hydrazine groups is 1. The van der Waals surface area contributed by atoms with Crippen molar-refractivity contribution < 1.29 is 45.8 Å². The Bertz CT molecular complexity index is 1160. The van der Waals surface area contributed by atoms with Crippen molar-refractivity contribution in [1.82, 2.24) is 15.8 Å². The first-order chi connectivity index (χ1) is 17.5. The minimum Gasteiger partial charge on any atom is -0.465 e. The Balaban J connectivity index is 2.18. The Morgan fingerprint density at radius 1 is 1.05 bits per heavy atom. The van der Waals surface area contributed by atoms with Gasteiger partial charge >= 0.3 is 12.3 Å². The minimum absolute atomic E-state index is 0.213. The quantitative estimate of drug-likeness (QED) is 0.286. The number of carbonyl (C=O) groups excluding carboxylic acids is 2. The van der Waals surface area contributed by atoms with E-state index in [-0.39, 0.29) is 13.0 Å². The molecule has 3 N–H and O–H groups in total. The second kappa shape index (κ2) is 11.9. The van der Waals surface area contributed by atoms with Crippen LogP contribution in [0.5, 0.6) is 0 Å². The number of unbranched alkanes of at least 4 members (excludes halogenated alkanes) is 5. The van der Waals surface area contributed by atoms with Gasteiger partial charge in [0.25, 0.3) is 11.8 Å². The van der Waals surface area contributed by atoms with E-state index in [2.05, 4.69) is 0 Å². The summed E-state index contributed by atoms with van der Waals surface area (Å²) in [6, 6.07) is 2.05. The van der Waals surface area contributed by atoms with E-state index < -0.39 is 67.0 Å². The Hall–Kier alpha value is -2.87. The standard InChI is InChI=1S/C24H34F3N3O7S/c1-5-6-7-8-9-10-13-38(35,36)18-12-11-16(14-17(18)24(25,26)27)19(31)28-29-20(32)23(4)15-37-22(2,3)30(23)21(33)34/h11-12,14H,5-10,13,15H2,1-4H3,(H,28,31)(H,29,32)(H,33,34). The van der Waals surface area contributed by atoms with Crippen molar-refractivity contribution in [2.24, 2.45) is 0 Å². The molecule has 3 amide bonds. The molecule has 0 saturated carbocycles. The van der Waals surface area contributed by atoms with Crippen LogP contribution in [0, 0.1) is 0 Å². The van der Waals surface area contributed by atoms with Crippen molar-refractivity contribution in [2.45, 2.75) is 88.6 Å². The highest BCUT2D eigenvalue weighted by molar-refractivity contribution is 7.91. The highest BCUT2D eigenvalue weighted by atomic mass is 32.2. The molecular formula is C24H34F3N3O7S. The first kappa shape index (κ1) is 31.3. The van der Waals surface area contributed by atoms with Crippen LogP contribution in [-0.4, -0.2) is 60.0 Å². The zero-order chi connectivity index (χ0) is 28.9. The molecule has 1 unspecified atom stereocenters. The van der Waals surface area contributed by atoms with Crippen LogP contribution in [0.1, 0.15) is 82.1 Å². The third-order valence-electron chi connectivity index (χ3n) is 6.36. The smallest absolute Gasteiger partial charge is 0.417 e. The molecule has 1 aromatic carbocycles. The summed E-state index contributed by atoms with van der Waals surface area (Å²) in [7, 11) is -4.28. The van der Waals surface area contributed by atoms with E-state index in [1.807, 2.05) is 17.8 Å². The van der Waals surface area contributed by atoms with E-state index in [0.29, 0.717) is 12.5 Å². The average molecular weight is 566 g/mol. The number of alkyl halides is 3. The number of hydrogen-bond acceptors (Lipinski definition) is 6. The van der Waals surface area contributed by atoms with Gasteiger partial charge in [-0.05, 0) is 45.4 Å². The number of carboxylic acid groups (broad SMARTS) is 1. The first-order valence-corrected chi connectivity index (χ1v) is 13.8. The number of carbonyl (C=O) groups is 3. The van der Waals surface area contributed by atoms with Crippen molar-refractivity contribution >= 4 is 27.7 Å². The number of hydrogen-bond donors (Lipinski definition) is 3. The first-order valence-electron chi connectivity index (χ1n) is 12.2. The van der Waals surface area contributed by atoms with E-state index in [4.69, 9.17) is 4.74 Å². The molecule has 0 radical (unpaired) electrons. The third kappa shape index (κ3) is 7.16. The number of nitrogens with one attached hydrogen (secondary N) is 2. The van der Waals surface area contributed by atoms with Crippen LogP contribution in [0.15, 0.2) is 23.1 Å². The molecule has 10 nitrogen and oxygen atoms in total. The van der Waals surface area contributed by atoms with Gasteiger partial charge in [0.2, 0.25) is 0 Å². The van der Waals surface area contributed by atoms with E-state index >= 15 is 0 Å². The normalized spacial score (nSPS) is 19.3. The summed E-state index contributed by atoms with van der Waals surface area (Å²) in [4.78, 5) is 36.8. The summed E-state index contributed by atoms with van der Waals surface area (Å²) in [5.41, 5.74) is -1.17. The van der Waals surface area contributed by atoms with Gasteiger partial charge in [0.1, 0.15) is 11.3 Å². The molecule has 1 heterocycles. The predicted molar refractivity (Wildman–Crippen MR) is 131 cm³/mol. The maximum Gasteiger partial charge on any atom is 0.417 e. The monoisotopic (exact) mass is 565 g/mol. The lowest BCUT2D eigenvalue weighted by Gasteiger charge is -2.36. The molecule has 1 aliphatic rings. The average Bonchev–Trinajstić information content (AvgIpc) is 3.08. The fraction of sp³-hybridized carbons (Fsp3) is 0.625. The number of amides is 3. The lowest BCUT2D eigenvalue weighted by Crippen LogP contribution is -2.63. The molecule has 1 aliphatic heterocycles. The van der Waals surface area contributed by atoms with E-state index in [1.165, 1.54) is 20.8 Å². The van der Waals surface area contributed by atoms with Gasteiger partial charge in [-0.1, -0.05) is 39.0 Å². The maximum atomic E-state index is 13.8. The molecule has 0 spiro atoms. The summed E-state index contributed by atoms with van der Waals surface area (Å²) in [5.74, 6) is -2.60. The fourth-order valence-electron chi connectivity index (χ4n) is 4.32. The van der Waals surface area contributed by atoms with Gasteiger partial charge in [-0.15, -0.1) is 0 Å². The van der Waals surface area contributed by atoms with Crippen molar-refractivity contribution in [3.63, 3.8) is 0 Å². The van der Waals surface area contributed by atoms with Gasteiger partial charge in [0.05, 0.1) is 22.8 Å². The second-order valence-electron chi connectivity index (χ2n) is 9.83. The molecule has 2 rings (SSSR count). The van der Waals surface area contributed by atoms with Crippen molar-refractivity contribution in [3.8, 4) is 0 Å². The molecular weight excluding hydrogens is 531 g/mol. The van der Waals surface area contributed by atoms with E-state index in [1.54, 1.807) is 0 Å². The molecule has 1 saturated heterocycles. The lowest BCUT2D eigenvalue weighted by atomic mass is 10.0. The minimum atomic E-state index is -5.06. The van der Waals surface area contributed by atoms with Gasteiger partial charge in [0.15, 0.2) is 9.84 Å². The van der Waals surface area contributed by atoms with Crippen molar-refractivity contribution in [2.75, 3.05) is 12.4 Å². The van der Waals surface area contributed by atoms with Crippen molar-refractivity contribution in [1.29, 1.82) is 0 Å². The molecule has 0 aromatic heterocycles. The van der Waals surface area contributed by atoms with E-state index in [0.717, 1.165) is 42.7 Å². The fourth-order valence-corrected chi connectivity index (χ4v) is 5.90. The van der Waals surface area contributed by atoms with Gasteiger partial charge in [0, 0.05) is 5.56 Å². The summed E-state index contributed by atoms with van der Waals surface area (Å²) in [5, 5.41) is 9.51. The Morgan fingerprint density at radius 3 is 2.24 bits per heavy atom. The van der Waals surface area contributed by atoms with Crippen LogP contribution in [0.4, 0.5) is 18.0 Å². The van der Waals surface area contributed by atoms with Crippen LogP contribution in [0.2, 0.25) is 0 Å². The molecule has 14 heteroatoms. The van der Waals surface area contributed by atoms with E-state index in [9.17, 15) is 41.1 Å². The SMILES string of the molecule is CCCCCCCCS(=O)(=O)c1ccc(C(=O)NNC(=O)C2(C)COC(C)(C)N2C(=O)O)cc1C(F)(F)F. The number of benzene rings is 1. The van der Waals surface area contributed by atoms with Crippen LogP contribution < -0.4 is 10.9 Å². The zero-order valence-electron chi connectivity index (χ0n) is 21.8. The summed E-state index contributed by atoms with van der Waals surface area (Å²) in [6.07, 6.45) is -2.03. The molecule has 1 atom stereocenters. The largest absolute Gasteiger partial charge is 0.465 e. The van der Waals surface area contributed by atoms with Crippen LogP contribution in [-0.2, 0) is 25.5 Å². The number of halogens is 3. The Labute approximate surface area is 219 Å². The van der Waals surface area contributed by atoms with Crippen LogP contribution in [0.3, 0.4) is 0 Å². The molecule has 0 bridgehead atoms. The number of nitrogens with zero attached hydrogens (tertiary/aromatic N) is 1. The molecule has 0 aliphatic carbocycles. The van der Waals surface area contributed by atoms with Gasteiger partial charge in [-0.2, -0.15) is 13.2 Å². The Kier molecular flexibility index (Phi) is 9.81. The van der Waals surface area contributed by atoms with Crippen LogP contribution >= 0.6 is 0 Å². The van der Waals surface area contributed by atoms with Gasteiger partial charge < -0.3 is 9.84 Å². The molecule has 38 heavy (non-hydrogen) atoms. The van der Waals surface area contributed by atoms with Crippen LogP contribution in [0.25, 0.3) is 0 Å². The maximum absolute atomic E-state index is 13.8. The molecule has 214 valence electrons. The highest BCUT2D eigenvalue weighted by Crippen LogP contribution is 2.36. The number of ether oxygens (including phenoxy) is 1. The Morgan fingerprint density at radius 2 is 1.66 bits per heavy atom. The summed E-state index contributed by atoms with van der Waals surface area (Å²) < 4.78 is 72.1. The van der Waals surface area contributed by atoms with Crippen molar-refractivity contribution in [3.05, 3.63) is 29.3 Å². The lowest BCUT2D eigenvalue weighted by molar-refractivity contribution is -0.140. The predicted octanol–water partition coefficient (Wildman–Crippen LogP) is 4.11. The van der Waals surface area contributed by atoms with Gasteiger partial charge in [-0.3, -0.25) is 25.3 Å². The zero-order valence-corrected chi connectivity index (χ0v) is 22.6. The summed E-state index contributed by atoms with van der Waals surface area (Å²) >= 11 is 0. The second-order valence-corrected chi connectivity index (χ2v) is 11.9. The third-order valence-corrected chi connectivity index (χ3v) is 8.21. The molecule has 1 aromatic rings. The summed E-state index contributed by atoms with van der Waals surface area (Å²) in [6.45, 7) is 5.82. The molecule has 1 fully saturated rings. The highest BCUT2D eigenvalue weighted by Gasteiger charge is 2.56. The number of rotatable bonds is 10. The van der Waals surface area contributed by atoms with Gasteiger partial charge in [-0.25, -0.2) is 13.2 Å².